The molecular weight excluding hydrogens is 1010 g/mol. The first-order valence-electron chi connectivity index (χ1n) is 23.1. The van der Waals surface area contributed by atoms with Gasteiger partial charge in [0.15, 0.2) is 0 Å². The normalized spacial score (nSPS) is 12.0. The van der Waals surface area contributed by atoms with Crippen molar-refractivity contribution in [1.82, 2.24) is 24.5 Å². The number of hydrogen-bond donors (Lipinski definition) is 0. The van der Waals surface area contributed by atoms with Crippen molar-refractivity contribution in [2.45, 2.75) is 93.8 Å². The van der Waals surface area contributed by atoms with Crippen molar-refractivity contribution in [1.29, 1.82) is 0 Å². The number of aryl methyl sites for hydroxylation is 4. The van der Waals surface area contributed by atoms with E-state index in [1.54, 1.807) is 0 Å². The minimum atomic E-state index is -1.39. The van der Waals surface area contributed by atoms with E-state index in [9.17, 15) is 0 Å². The monoisotopic (exact) mass is 1070 g/mol. The maximum absolute atomic E-state index is 6.62. The Bertz CT molecular complexity index is 3420. The van der Waals surface area contributed by atoms with E-state index >= 15 is 0 Å². The van der Waals surface area contributed by atoms with Gasteiger partial charge in [0, 0.05) is 48.6 Å². The molecule has 0 saturated heterocycles. The predicted octanol–water partition coefficient (Wildman–Crippen LogP) is 14.8. The van der Waals surface area contributed by atoms with Crippen LogP contribution in [0, 0.1) is 45.7 Å². The molecule has 10 aromatic rings. The molecule has 0 saturated carbocycles. The van der Waals surface area contributed by atoms with Crippen LogP contribution in [0.2, 0.25) is 19.6 Å². The number of nitrogens with zero attached hydrogens (tertiary/aromatic N) is 5. The van der Waals surface area contributed by atoms with Crippen molar-refractivity contribution in [2.75, 3.05) is 0 Å². The summed E-state index contributed by atoms with van der Waals surface area (Å²) < 4.78 is 8.79. The second-order valence-electron chi connectivity index (χ2n) is 20.4. The summed E-state index contributed by atoms with van der Waals surface area (Å²) in [5.74, 6) is 1.41. The molecule has 0 atom stereocenters. The van der Waals surface area contributed by atoms with Gasteiger partial charge in [-0.15, -0.1) is 46.8 Å². The second kappa shape index (κ2) is 18.6. The van der Waals surface area contributed by atoms with Gasteiger partial charge < -0.3 is 14.0 Å². The van der Waals surface area contributed by atoms with Crippen LogP contribution in [0.3, 0.4) is 0 Å². The molecule has 341 valence electrons. The molecule has 5 heterocycles. The molecule has 0 unspecified atom stereocenters. The molecule has 0 aliphatic rings. The second-order valence-corrected chi connectivity index (χ2v) is 25.4. The minimum Gasteiger partial charge on any atom is -0.486 e. The molecule has 1 radical (unpaired) electrons. The first-order chi connectivity index (χ1) is 31.5. The smallest absolute Gasteiger partial charge is 0.216 e. The standard InChI is InChI=1S/C37H33N4O.C22H26NSi.Ir/c1-21-9-8-10-22(2)32(21)29-18-17-27-33-23(3)11-16-28(34(33)42-36(27)40-29)35-39-30-19-24(4)38-20-31(30)41(35)26-14-12-25(13-15-26)37(5,6)7;1-16(2)13-18-14-21(23-15-22(18)24(3,4)5)20-12-8-10-17-9-6-7-11-19(17)20;/h8-15,17-20H,1-7H3;6-11,14-16H,13H2,1-5H3;/q2*-1;. The van der Waals surface area contributed by atoms with Gasteiger partial charge in [0.25, 0.3) is 0 Å². The zero-order valence-corrected chi connectivity index (χ0v) is 44.2. The largest absolute Gasteiger partial charge is 0.486 e. The summed E-state index contributed by atoms with van der Waals surface area (Å²) in [5, 5.41) is 5.98. The van der Waals surface area contributed by atoms with Gasteiger partial charge in [-0.05, 0) is 96.4 Å². The molecule has 8 heteroatoms. The van der Waals surface area contributed by atoms with E-state index in [1.165, 1.54) is 38.2 Å². The fraction of sp³-hybridized carbons (Fsp3) is 0.254. The predicted molar refractivity (Wildman–Crippen MR) is 279 cm³/mol. The van der Waals surface area contributed by atoms with E-state index < -0.39 is 8.07 Å². The molecule has 0 N–H and O–H groups in total. The van der Waals surface area contributed by atoms with Gasteiger partial charge >= 0.3 is 0 Å². The van der Waals surface area contributed by atoms with Crippen LogP contribution in [0.15, 0.2) is 126 Å². The summed E-state index contributed by atoms with van der Waals surface area (Å²) in [5.41, 5.74) is 16.4. The number of furan rings is 1. The molecule has 67 heavy (non-hydrogen) atoms. The van der Waals surface area contributed by atoms with Crippen molar-refractivity contribution in [3.05, 3.63) is 167 Å². The number of imidazole rings is 1. The molecule has 0 fully saturated rings. The fourth-order valence-corrected chi connectivity index (χ4v) is 10.9. The molecule has 5 aromatic carbocycles. The Kier molecular flexibility index (Phi) is 13.1. The molecule has 6 nitrogen and oxygen atoms in total. The van der Waals surface area contributed by atoms with Crippen LogP contribution in [-0.4, -0.2) is 32.6 Å². The third-order valence-corrected chi connectivity index (χ3v) is 14.7. The van der Waals surface area contributed by atoms with Crippen molar-refractivity contribution in [3.63, 3.8) is 0 Å². The van der Waals surface area contributed by atoms with Crippen molar-refractivity contribution in [3.8, 4) is 39.6 Å². The number of fused-ring (bicyclic) bond motifs is 5. The average molecular weight is 1070 g/mol. The molecule has 0 spiro atoms. The van der Waals surface area contributed by atoms with Crippen LogP contribution in [0.25, 0.3) is 83.5 Å². The summed E-state index contributed by atoms with van der Waals surface area (Å²) in [7, 11) is -1.39. The maximum Gasteiger partial charge on any atom is 0.216 e. The molecule has 5 aromatic heterocycles. The molecular formula is C59H59IrN5OSi-2. The van der Waals surface area contributed by atoms with E-state index in [0.29, 0.717) is 11.6 Å². The van der Waals surface area contributed by atoms with Gasteiger partial charge in [0.2, 0.25) is 5.71 Å². The van der Waals surface area contributed by atoms with Gasteiger partial charge in [0.1, 0.15) is 0 Å². The van der Waals surface area contributed by atoms with Crippen molar-refractivity contribution in [2.24, 2.45) is 5.92 Å². The molecule has 10 rings (SSSR count). The number of benzene rings is 5. The van der Waals surface area contributed by atoms with Crippen LogP contribution in [0.1, 0.15) is 68.1 Å². The summed E-state index contributed by atoms with van der Waals surface area (Å²) in [6.45, 7) is 26.8. The van der Waals surface area contributed by atoms with Crippen molar-refractivity contribution >= 4 is 57.1 Å². The Balaban J connectivity index is 0.000000208. The van der Waals surface area contributed by atoms with E-state index in [1.807, 2.05) is 31.3 Å². The topological polar surface area (TPSA) is 69.6 Å². The molecule has 0 amide bonds. The third-order valence-electron chi connectivity index (χ3n) is 12.6. The summed E-state index contributed by atoms with van der Waals surface area (Å²) >= 11 is 0. The Hall–Kier alpha value is -6.05. The number of rotatable bonds is 7. The number of pyridine rings is 3. The molecule has 0 bridgehead atoms. The third kappa shape index (κ3) is 9.32. The molecule has 0 aliphatic heterocycles. The van der Waals surface area contributed by atoms with Gasteiger partial charge in [-0.3, -0.25) is 9.97 Å². The van der Waals surface area contributed by atoms with E-state index in [4.69, 9.17) is 19.4 Å². The van der Waals surface area contributed by atoms with Crippen LogP contribution < -0.4 is 5.19 Å². The van der Waals surface area contributed by atoms with Gasteiger partial charge in [0.05, 0.1) is 42.4 Å². The van der Waals surface area contributed by atoms with Crippen LogP contribution in [-0.2, 0) is 31.9 Å². The maximum atomic E-state index is 6.62. The van der Waals surface area contributed by atoms with Gasteiger partial charge in [-0.2, -0.15) is 0 Å². The first-order valence-corrected chi connectivity index (χ1v) is 26.6. The van der Waals surface area contributed by atoms with Gasteiger partial charge in [-0.25, -0.2) is 4.98 Å². The molecule has 0 aliphatic carbocycles. The van der Waals surface area contributed by atoms with Crippen LogP contribution in [0.4, 0.5) is 0 Å². The SMILES string of the molecule is CC(C)Cc1cc(-c2[c-]ccc3ccccc23)ncc1[Si](C)(C)C.Cc1cc2nc(-c3[c-]cc(C)c4c3oc3nc(-c5c(C)cccc5C)ccc34)n(-c3ccc(C(C)(C)C)cc3)c2cn1.[Ir]. The average Bonchev–Trinajstić information content (AvgIpc) is 3.84. The van der Waals surface area contributed by atoms with E-state index in [-0.39, 0.29) is 25.5 Å². The summed E-state index contributed by atoms with van der Waals surface area (Å²) in [4.78, 5) is 19.6. The quantitative estimate of drug-likeness (QED) is 0.117. The van der Waals surface area contributed by atoms with Crippen LogP contribution in [0.5, 0.6) is 0 Å². The number of hydrogen-bond acceptors (Lipinski definition) is 5. The van der Waals surface area contributed by atoms with Crippen molar-refractivity contribution < 1.29 is 24.5 Å². The Labute approximate surface area is 410 Å². The Morgan fingerprint density at radius 1 is 0.716 bits per heavy atom. The zero-order valence-electron chi connectivity index (χ0n) is 40.8. The zero-order chi connectivity index (χ0) is 46.7. The van der Waals surface area contributed by atoms with Crippen LogP contribution >= 0.6 is 0 Å². The van der Waals surface area contributed by atoms with E-state index in [0.717, 1.165) is 84.7 Å². The van der Waals surface area contributed by atoms with E-state index in [2.05, 4.69) is 194 Å². The fourth-order valence-electron chi connectivity index (χ4n) is 9.30. The Morgan fingerprint density at radius 3 is 2.15 bits per heavy atom. The minimum absolute atomic E-state index is 0. The van der Waals surface area contributed by atoms with Gasteiger partial charge in [-0.1, -0.05) is 144 Å². The first kappa shape index (κ1) is 47.4. The Morgan fingerprint density at radius 2 is 1.45 bits per heavy atom. The number of aromatic nitrogens is 5. The summed E-state index contributed by atoms with van der Waals surface area (Å²) in [6, 6.07) is 45.2. The summed E-state index contributed by atoms with van der Waals surface area (Å²) in [6.07, 6.45) is 5.15.